The molecule has 0 N–H and O–H groups in total. The topological polar surface area (TPSA) is 26.3 Å². The van der Waals surface area contributed by atoms with Crippen molar-refractivity contribution >= 4 is 5.97 Å². The van der Waals surface area contributed by atoms with Crippen LogP contribution in [-0.2, 0) is 9.53 Å². The molecule has 62 valence electrons. The smallest absolute Gasteiger partial charge is 0.312 e. The third-order valence-corrected chi connectivity index (χ3v) is 1.45. The Kier molecular flexibility index (Phi) is 3.67. The Balaban J connectivity index is 4.16. The maximum Gasteiger partial charge on any atom is 0.312 e. The second-order valence-corrected chi connectivity index (χ2v) is 2.98. The average molecular weight is 154 g/mol. The van der Waals surface area contributed by atoms with E-state index < -0.39 is 5.41 Å². The molecular formula is C9H14O2. The molecule has 2 nitrogen and oxygen atoms in total. The van der Waals surface area contributed by atoms with Gasteiger partial charge in [-0.3, -0.25) is 4.79 Å². The Morgan fingerprint density at radius 2 is 2.09 bits per heavy atom. The largest absolute Gasteiger partial charge is 0.469 e. The Hall–Kier alpha value is -0.970. The molecule has 0 unspecified atom stereocenters. The van der Waals surface area contributed by atoms with Crippen molar-refractivity contribution in [3.63, 3.8) is 0 Å². The van der Waals surface area contributed by atoms with Crippen LogP contribution in [0.25, 0.3) is 0 Å². The van der Waals surface area contributed by atoms with Crippen LogP contribution in [0.3, 0.4) is 0 Å². The lowest BCUT2D eigenvalue weighted by Gasteiger charge is -2.17. The zero-order valence-corrected chi connectivity index (χ0v) is 7.52. The van der Waals surface area contributed by atoms with Crippen LogP contribution >= 0.6 is 0 Å². The van der Waals surface area contributed by atoms with Crippen LogP contribution in [0.15, 0.2) is 0 Å². The molecular weight excluding hydrogens is 140 g/mol. The van der Waals surface area contributed by atoms with E-state index in [9.17, 15) is 4.79 Å². The van der Waals surface area contributed by atoms with Gasteiger partial charge in [-0.15, -0.1) is 11.8 Å². The van der Waals surface area contributed by atoms with Gasteiger partial charge in [-0.1, -0.05) is 0 Å². The van der Waals surface area contributed by atoms with Crippen molar-refractivity contribution in [2.45, 2.75) is 27.2 Å². The highest BCUT2D eigenvalue weighted by atomic mass is 16.5. The predicted octanol–water partition coefficient (Wildman–Crippen LogP) is 1.60. The van der Waals surface area contributed by atoms with E-state index in [0.717, 1.165) is 0 Å². The lowest BCUT2D eigenvalue weighted by molar-refractivity contribution is -0.150. The summed E-state index contributed by atoms with van der Waals surface area (Å²) in [5.41, 5.74) is -0.474. The molecule has 0 radical (unpaired) electrons. The molecule has 0 fully saturated rings. The first-order chi connectivity index (χ1) is 5.04. The number of hydrogen-bond acceptors (Lipinski definition) is 2. The molecule has 0 aromatic carbocycles. The van der Waals surface area contributed by atoms with Crippen molar-refractivity contribution in [1.29, 1.82) is 0 Å². The van der Waals surface area contributed by atoms with E-state index in [4.69, 9.17) is 0 Å². The summed E-state index contributed by atoms with van der Waals surface area (Å²) in [5.74, 6) is 5.39. The number of carbonyl (C=O) groups is 1. The van der Waals surface area contributed by atoms with E-state index in [2.05, 4.69) is 16.6 Å². The lowest BCUT2D eigenvalue weighted by Crippen LogP contribution is -2.24. The molecule has 0 spiro atoms. The molecule has 0 aliphatic rings. The van der Waals surface area contributed by atoms with Gasteiger partial charge < -0.3 is 4.74 Å². The Bertz CT molecular complexity index is 193. The molecule has 0 aliphatic heterocycles. The molecule has 0 atom stereocenters. The fourth-order valence-electron chi connectivity index (χ4n) is 0.658. The van der Waals surface area contributed by atoms with Crippen LogP contribution in [0.2, 0.25) is 0 Å². The molecule has 0 aromatic heterocycles. The Labute approximate surface area is 67.9 Å². The van der Waals surface area contributed by atoms with Gasteiger partial charge in [0.25, 0.3) is 0 Å². The maximum absolute atomic E-state index is 11.0. The van der Waals surface area contributed by atoms with E-state index in [0.29, 0.717) is 6.42 Å². The molecule has 0 bridgehead atoms. The number of hydrogen-bond donors (Lipinski definition) is 0. The number of ether oxygens (including phenoxy) is 1. The van der Waals surface area contributed by atoms with E-state index in [1.807, 2.05) is 13.8 Å². The van der Waals surface area contributed by atoms with Gasteiger partial charge >= 0.3 is 5.97 Å². The molecule has 11 heavy (non-hydrogen) atoms. The van der Waals surface area contributed by atoms with Crippen molar-refractivity contribution in [3.05, 3.63) is 0 Å². The molecule has 0 saturated heterocycles. The summed E-state index contributed by atoms with van der Waals surface area (Å²) in [6.45, 7) is 5.40. The normalized spacial score (nSPS) is 9.82. The second kappa shape index (κ2) is 4.02. The van der Waals surface area contributed by atoms with Gasteiger partial charge in [0.2, 0.25) is 0 Å². The van der Waals surface area contributed by atoms with Gasteiger partial charge in [0.1, 0.15) is 0 Å². The summed E-state index contributed by atoms with van der Waals surface area (Å²) < 4.78 is 4.61. The molecule has 0 aromatic rings. The van der Waals surface area contributed by atoms with Gasteiger partial charge in [0, 0.05) is 6.42 Å². The predicted molar refractivity (Wildman–Crippen MR) is 43.9 cm³/mol. The minimum absolute atomic E-state index is 0.208. The first-order valence-corrected chi connectivity index (χ1v) is 3.52. The van der Waals surface area contributed by atoms with Crippen molar-refractivity contribution in [2.24, 2.45) is 5.41 Å². The highest BCUT2D eigenvalue weighted by molar-refractivity contribution is 5.76. The van der Waals surface area contributed by atoms with E-state index in [1.165, 1.54) is 7.11 Å². The van der Waals surface area contributed by atoms with Gasteiger partial charge in [0.05, 0.1) is 12.5 Å². The Morgan fingerprint density at radius 3 is 2.45 bits per heavy atom. The zero-order chi connectivity index (χ0) is 8.91. The Morgan fingerprint density at radius 1 is 1.55 bits per heavy atom. The lowest BCUT2D eigenvalue weighted by atomic mass is 9.90. The van der Waals surface area contributed by atoms with Crippen LogP contribution in [0, 0.1) is 17.3 Å². The van der Waals surface area contributed by atoms with Gasteiger partial charge in [0.15, 0.2) is 0 Å². The van der Waals surface area contributed by atoms with Crippen LogP contribution in [0.1, 0.15) is 27.2 Å². The second-order valence-electron chi connectivity index (χ2n) is 2.98. The summed E-state index contributed by atoms with van der Waals surface area (Å²) in [6.07, 6.45) is 0.552. The highest BCUT2D eigenvalue weighted by Gasteiger charge is 2.27. The molecule has 0 amide bonds. The molecule has 0 heterocycles. The average Bonchev–Trinajstić information content (AvgIpc) is 1.99. The van der Waals surface area contributed by atoms with Gasteiger partial charge in [-0.2, -0.15) is 0 Å². The summed E-state index contributed by atoms with van der Waals surface area (Å²) in [6, 6.07) is 0. The van der Waals surface area contributed by atoms with Gasteiger partial charge in [-0.05, 0) is 20.8 Å². The maximum atomic E-state index is 11.0. The quantitative estimate of drug-likeness (QED) is 0.446. The van der Waals surface area contributed by atoms with Crippen LogP contribution in [-0.4, -0.2) is 13.1 Å². The van der Waals surface area contributed by atoms with Gasteiger partial charge in [-0.25, -0.2) is 0 Å². The third-order valence-electron chi connectivity index (χ3n) is 1.45. The first-order valence-electron chi connectivity index (χ1n) is 3.52. The molecule has 2 heteroatoms. The van der Waals surface area contributed by atoms with Crippen molar-refractivity contribution in [2.75, 3.05) is 7.11 Å². The van der Waals surface area contributed by atoms with E-state index in [-0.39, 0.29) is 5.97 Å². The van der Waals surface area contributed by atoms with Crippen molar-refractivity contribution in [1.82, 2.24) is 0 Å². The van der Waals surface area contributed by atoms with Crippen LogP contribution < -0.4 is 0 Å². The van der Waals surface area contributed by atoms with E-state index in [1.54, 1.807) is 6.92 Å². The monoisotopic (exact) mass is 154 g/mol. The summed E-state index contributed by atoms with van der Waals surface area (Å²) >= 11 is 0. The number of methoxy groups -OCH3 is 1. The van der Waals surface area contributed by atoms with Crippen LogP contribution in [0.4, 0.5) is 0 Å². The summed E-state index contributed by atoms with van der Waals surface area (Å²) in [5, 5.41) is 0. The van der Waals surface area contributed by atoms with E-state index >= 15 is 0 Å². The fourth-order valence-corrected chi connectivity index (χ4v) is 0.658. The number of rotatable bonds is 2. The van der Waals surface area contributed by atoms with Crippen LogP contribution in [0.5, 0.6) is 0 Å². The van der Waals surface area contributed by atoms with Crippen molar-refractivity contribution in [3.8, 4) is 11.8 Å². The fraction of sp³-hybridized carbons (Fsp3) is 0.667. The molecule has 0 rings (SSSR count). The summed E-state index contributed by atoms with van der Waals surface area (Å²) in [7, 11) is 1.39. The first kappa shape index (κ1) is 10.0. The molecule has 0 saturated carbocycles. The number of carbonyl (C=O) groups excluding carboxylic acids is 1. The molecule has 0 aliphatic carbocycles. The minimum atomic E-state index is -0.474. The SMILES string of the molecule is CC#CCC(C)(C)C(=O)OC. The standard InChI is InChI=1S/C9H14O2/c1-5-6-7-9(2,3)8(10)11-4/h7H2,1-4H3. The zero-order valence-electron chi connectivity index (χ0n) is 7.52. The highest BCUT2D eigenvalue weighted by Crippen LogP contribution is 2.20. The third kappa shape index (κ3) is 3.08. The minimum Gasteiger partial charge on any atom is -0.469 e. The summed E-state index contributed by atoms with van der Waals surface area (Å²) in [4.78, 5) is 11.0. The van der Waals surface area contributed by atoms with Crippen molar-refractivity contribution < 1.29 is 9.53 Å². The number of esters is 1.